The highest BCUT2D eigenvalue weighted by Gasteiger charge is 2.35. The van der Waals surface area contributed by atoms with E-state index < -0.39 is 6.04 Å². The molecule has 3 N–H and O–H groups in total. The lowest BCUT2D eigenvalue weighted by atomic mass is 10.1. The molecule has 196 valence electrons. The predicted octanol–water partition coefficient (Wildman–Crippen LogP) is 1.12. The minimum absolute atomic E-state index is 0.129. The second-order valence-corrected chi connectivity index (χ2v) is 9.44. The van der Waals surface area contributed by atoms with Crippen LogP contribution in [0.5, 0.6) is 0 Å². The first kappa shape index (κ1) is 26.3. The van der Waals surface area contributed by atoms with Gasteiger partial charge in [-0.1, -0.05) is 30.3 Å². The Balaban J connectivity index is 1.28. The average molecular weight is 507 g/mol. The van der Waals surface area contributed by atoms with E-state index in [0.717, 1.165) is 32.7 Å². The van der Waals surface area contributed by atoms with Crippen LogP contribution in [0.2, 0.25) is 0 Å². The highest BCUT2D eigenvalue weighted by atomic mass is 16.2. The third-order valence-electron chi connectivity index (χ3n) is 6.59. The van der Waals surface area contributed by atoms with Crippen molar-refractivity contribution in [3.63, 3.8) is 0 Å². The van der Waals surface area contributed by atoms with Crippen molar-refractivity contribution in [1.29, 1.82) is 0 Å². The van der Waals surface area contributed by atoms with Gasteiger partial charge in [0, 0.05) is 64.1 Å². The van der Waals surface area contributed by atoms with Crippen LogP contribution in [0.25, 0.3) is 0 Å². The molecule has 0 bridgehead atoms. The molecular weight excluding hydrogens is 472 g/mol. The van der Waals surface area contributed by atoms with E-state index in [1.54, 1.807) is 24.3 Å². The van der Waals surface area contributed by atoms with Gasteiger partial charge in [-0.2, -0.15) is 0 Å². The first-order chi connectivity index (χ1) is 17.9. The number of hydrogen-bond acceptors (Lipinski definition) is 6. The van der Waals surface area contributed by atoms with E-state index in [-0.39, 0.29) is 36.6 Å². The molecule has 2 heterocycles. The molecule has 0 aromatic heterocycles. The van der Waals surface area contributed by atoms with Crippen molar-refractivity contribution >= 4 is 35.0 Å². The number of nitrogens with zero attached hydrogens (tertiary/aromatic N) is 3. The lowest BCUT2D eigenvalue weighted by Gasteiger charge is -2.38. The molecule has 0 spiro atoms. The summed E-state index contributed by atoms with van der Waals surface area (Å²) in [6.07, 6.45) is -0.129. The van der Waals surface area contributed by atoms with Gasteiger partial charge in [0.25, 0.3) is 0 Å². The topological polar surface area (TPSA) is 114 Å². The summed E-state index contributed by atoms with van der Waals surface area (Å²) in [5.74, 6) is -0.993. The summed E-state index contributed by atoms with van der Waals surface area (Å²) < 4.78 is 0. The number of nitrogens with one attached hydrogen (secondary N) is 3. The van der Waals surface area contributed by atoms with E-state index in [4.69, 9.17) is 0 Å². The summed E-state index contributed by atoms with van der Waals surface area (Å²) in [6.45, 7) is 6.59. The van der Waals surface area contributed by atoms with Crippen molar-refractivity contribution < 1.29 is 19.2 Å². The van der Waals surface area contributed by atoms with Crippen molar-refractivity contribution in [3.05, 3.63) is 60.2 Å². The molecule has 2 saturated heterocycles. The quantitative estimate of drug-likeness (QED) is 0.495. The fraction of sp³-hybridized carbons (Fsp3) is 0.407. The zero-order valence-corrected chi connectivity index (χ0v) is 21.1. The van der Waals surface area contributed by atoms with Gasteiger partial charge in [-0.05, 0) is 29.8 Å². The third kappa shape index (κ3) is 7.61. The van der Waals surface area contributed by atoms with E-state index in [9.17, 15) is 19.2 Å². The van der Waals surface area contributed by atoms with Crippen LogP contribution < -0.4 is 16.0 Å². The second-order valence-electron chi connectivity index (χ2n) is 9.44. The van der Waals surface area contributed by atoms with Gasteiger partial charge >= 0.3 is 0 Å². The fourth-order valence-electron chi connectivity index (χ4n) is 4.67. The average Bonchev–Trinajstić information content (AvgIpc) is 2.88. The molecule has 2 aromatic rings. The first-order valence-corrected chi connectivity index (χ1v) is 12.6. The van der Waals surface area contributed by atoms with Crippen molar-refractivity contribution in [1.82, 2.24) is 20.0 Å². The summed E-state index contributed by atoms with van der Waals surface area (Å²) in [7, 11) is 0. The Labute approximate surface area is 217 Å². The Bertz CT molecular complexity index is 1100. The van der Waals surface area contributed by atoms with Gasteiger partial charge in [-0.25, -0.2) is 0 Å². The maximum absolute atomic E-state index is 13.2. The maximum Gasteiger partial charge on any atom is 0.243 e. The number of hydrogen-bond donors (Lipinski definition) is 3. The highest BCUT2D eigenvalue weighted by Crippen LogP contribution is 2.16. The van der Waals surface area contributed by atoms with E-state index in [2.05, 4.69) is 37.9 Å². The second kappa shape index (κ2) is 12.5. The van der Waals surface area contributed by atoms with Gasteiger partial charge in [0.2, 0.25) is 23.6 Å². The zero-order chi connectivity index (χ0) is 26.2. The largest absolute Gasteiger partial charge is 0.353 e. The number of anilines is 2. The Morgan fingerprint density at radius 1 is 0.865 bits per heavy atom. The van der Waals surface area contributed by atoms with Crippen molar-refractivity contribution in [3.8, 4) is 0 Å². The predicted molar refractivity (Wildman–Crippen MR) is 141 cm³/mol. The highest BCUT2D eigenvalue weighted by molar-refractivity contribution is 5.98. The van der Waals surface area contributed by atoms with Gasteiger partial charge in [0.1, 0.15) is 6.04 Å². The van der Waals surface area contributed by atoms with Crippen molar-refractivity contribution in [2.75, 3.05) is 56.4 Å². The van der Waals surface area contributed by atoms with Gasteiger partial charge in [0.15, 0.2) is 0 Å². The Morgan fingerprint density at radius 2 is 1.49 bits per heavy atom. The molecule has 2 aliphatic rings. The van der Waals surface area contributed by atoms with E-state index in [0.29, 0.717) is 24.5 Å². The van der Waals surface area contributed by atoms with E-state index >= 15 is 0 Å². The zero-order valence-electron chi connectivity index (χ0n) is 21.1. The number of piperazine rings is 2. The first-order valence-electron chi connectivity index (χ1n) is 12.6. The lowest BCUT2D eigenvalue weighted by Crippen LogP contribution is -2.60. The van der Waals surface area contributed by atoms with Crippen LogP contribution in [0, 0.1) is 0 Å². The summed E-state index contributed by atoms with van der Waals surface area (Å²) in [4.78, 5) is 55.7. The molecule has 0 unspecified atom stereocenters. The minimum Gasteiger partial charge on any atom is -0.353 e. The molecule has 2 aromatic carbocycles. The van der Waals surface area contributed by atoms with Crippen molar-refractivity contribution in [2.24, 2.45) is 0 Å². The van der Waals surface area contributed by atoms with Gasteiger partial charge in [0.05, 0.1) is 13.0 Å². The third-order valence-corrected chi connectivity index (χ3v) is 6.59. The van der Waals surface area contributed by atoms with Crippen LogP contribution in [-0.2, 0) is 25.7 Å². The normalized spacial score (nSPS) is 18.7. The van der Waals surface area contributed by atoms with Crippen LogP contribution in [0.3, 0.4) is 0 Å². The molecule has 2 aliphatic heterocycles. The number of carbonyl (C=O) groups excluding carboxylic acids is 4. The monoisotopic (exact) mass is 506 g/mol. The molecular formula is C27H34N6O4. The summed E-state index contributed by atoms with van der Waals surface area (Å²) in [6, 6.07) is 16.2. The summed E-state index contributed by atoms with van der Waals surface area (Å²) >= 11 is 0. The molecule has 10 nitrogen and oxygen atoms in total. The molecule has 0 radical (unpaired) electrons. The molecule has 0 aliphatic carbocycles. The fourth-order valence-corrected chi connectivity index (χ4v) is 4.67. The summed E-state index contributed by atoms with van der Waals surface area (Å²) in [5.41, 5.74) is 2.44. The summed E-state index contributed by atoms with van der Waals surface area (Å²) in [5, 5.41) is 8.21. The van der Waals surface area contributed by atoms with Gasteiger partial charge in [-0.15, -0.1) is 0 Å². The minimum atomic E-state index is -0.848. The van der Waals surface area contributed by atoms with Gasteiger partial charge < -0.3 is 20.9 Å². The van der Waals surface area contributed by atoms with E-state index in [1.165, 1.54) is 17.4 Å². The van der Waals surface area contributed by atoms with Crippen LogP contribution in [0.4, 0.5) is 11.4 Å². The molecule has 10 heteroatoms. The molecule has 4 amide bonds. The van der Waals surface area contributed by atoms with Crippen LogP contribution in [-0.4, -0.2) is 90.2 Å². The number of rotatable bonds is 8. The standard InChI is InChI=1S/C27H34N6O4/c1-20(34)29-22-7-9-23(10-8-22)30-25(35)17-24-27(37)28-11-12-33(24)26(36)19-32-15-13-31(14-16-32)18-21-5-3-2-4-6-21/h2-10,24H,11-19H2,1H3,(H,28,37)(H,29,34)(H,30,35)/t24-/m1/s1. The molecule has 37 heavy (non-hydrogen) atoms. The molecule has 0 saturated carbocycles. The Kier molecular flexibility index (Phi) is 8.86. The van der Waals surface area contributed by atoms with E-state index in [1.807, 2.05) is 18.2 Å². The smallest absolute Gasteiger partial charge is 0.243 e. The van der Waals surface area contributed by atoms with Gasteiger partial charge in [-0.3, -0.25) is 29.0 Å². The molecule has 1 atom stereocenters. The Hall–Kier alpha value is -3.76. The molecule has 2 fully saturated rings. The van der Waals surface area contributed by atoms with Crippen molar-refractivity contribution in [2.45, 2.75) is 25.9 Å². The molecule has 4 rings (SSSR count). The number of benzene rings is 2. The SMILES string of the molecule is CC(=O)Nc1ccc(NC(=O)C[C@@H]2C(=O)NCCN2C(=O)CN2CCN(Cc3ccccc3)CC2)cc1. The van der Waals surface area contributed by atoms with Crippen LogP contribution in [0.15, 0.2) is 54.6 Å². The van der Waals surface area contributed by atoms with Crippen LogP contribution >= 0.6 is 0 Å². The lowest BCUT2D eigenvalue weighted by molar-refractivity contribution is -0.145. The maximum atomic E-state index is 13.2. The Morgan fingerprint density at radius 3 is 2.14 bits per heavy atom. The number of carbonyl (C=O) groups is 4. The number of amides is 4. The van der Waals surface area contributed by atoms with Crippen LogP contribution in [0.1, 0.15) is 18.9 Å².